The van der Waals surface area contributed by atoms with Gasteiger partial charge in [0.25, 0.3) is 0 Å². The van der Waals surface area contributed by atoms with Crippen LogP contribution in [0.2, 0.25) is 0 Å². The Kier molecular flexibility index (Phi) is 3.30. The Morgan fingerprint density at radius 3 is 2.59 bits per heavy atom. The molecule has 0 aliphatic carbocycles. The molecule has 0 spiro atoms. The molecule has 17 heavy (non-hydrogen) atoms. The van der Waals surface area contributed by atoms with E-state index in [0.29, 0.717) is 17.1 Å². The topological polar surface area (TPSA) is 48.1 Å². The average Bonchev–Trinajstić information content (AvgIpc) is 2.32. The second-order valence-corrected chi connectivity index (χ2v) is 3.73. The lowest BCUT2D eigenvalue weighted by Gasteiger charge is -2.09. The van der Waals surface area contributed by atoms with Crippen molar-refractivity contribution in [2.45, 2.75) is 0 Å². The highest BCUT2D eigenvalue weighted by Gasteiger charge is 2.07. The molecule has 5 heteroatoms. The molecule has 0 saturated heterocycles. The van der Waals surface area contributed by atoms with Crippen LogP contribution in [-0.2, 0) is 0 Å². The van der Waals surface area contributed by atoms with E-state index in [2.05, 4.69) is 4.98 Å². The molecular formula is C12H9FN2OS. The Labute approximate surface area is 103 Å². The number of halogens is 1. The van der Waals surface area contributed by atoms with Crippen molar-refractivity contribution in [3.63, 3.8) is 0 Å². The highest BCUT2D eigenvalue weighted by Crippen LogP contribution is 2.24. The number of nitrogens with two attached hydrogens (primary N) is 1. The summed E-state index contributed by atoms with van der Waals surface area (Å²) in [6.07, 6.45) is 3.09. The maximum atomic E-state index is 12.7. The molecule has 1 aromatic heterocycles. The summed E-state index contributed by atoms with van der Waals surface area (Å²) in [4.78, 5) is 4.15. The Morgan fingerprint density at radius 1 is 1.24 bits per heavy atom. The van der Waals surface area contributed by atoms with Gasteiger partial charge in [0.15, 0.2) is 5.75 Å². The molecule has 0 amide bonds. The minimum Gasteiger partial charge on any atom is -0.455 e. The lowest BCUT2D eigenvalue weighted by atomic mass is 10.2. The fourth-order valence-electron chi connectivity index (χ4n) is 1.29. The lowest BCUT2D eigenvalue weighted by molar-refractivity contribution is 0.477. The van der Waals surface area contributed by atoms with Crippen molar-refractivity contribution in [3.8, 4) is 11.5 Å². The normalized spacial score (nSPS) is 9.94. The molecule has 0 fully saturated rings. The molecule has 2 N–H and O–H groups in total. The monoisotopic (exact) mass is 248 g/mol. The molecular weight excluding hydrogens is 239 g/mol. The molecule has 0 saturated carbocycles. The van der Waals surface area contributed by atoms with Crippen LogP contribution in [-0.4, -0.2) is 9.97 Å². The maximum absolute atomic E-state index is 12.7. The molecule has 2 aromatic rings. The van der Waals surface area contributed by atoms with Crippen LogP contribution >= 0.6 is 12.2 Å². The van der Waals surface area contributed by atoms with E-state index in [1.54, 1.807) is 12.3 Å². The zero-order chi connectivity index (χ0) is 12.3. The molecule has 2 rings (SSSR count). The summed E-state index contributed by atoms with van der Waals surface area (Å²) in [5, 5.41) is 0. The minimum absolute atomic E-state index is 0.226. The maximum Gasteiger partial charge on any atom is 0.155 e. The summed E-state index contributed by atoms with van der Waals surface area (Å²) in [5.41, 5.74) is 6.15. The second kappa shape index (κ2) is 4.88. The fourth-order valence-corrected chi connectivity index (χ4v) is 1.46. The third-order valence-corrected chi connectivity index (χ3v) is 2.31. The van der Waals surface area contributed by atoms with Crippen molar-refractivity contribution in [3.05, 3.63) is 54.1 Å². The number of ether oxygens (including phenoxy) is 1. The Bertz CT molecular complexity index is 542. The molecule has 0 aliphatic rings. The molecule has 3 nitrogen and oxygen atoms in total. The molecule has 0 radical (unpaired) electrons. The van der Waals surface area contributed by atoms with Gasteiger partial charge in [0.05, 0.1) is 11.8 Å². The van der Waals surface area contributed by atoms with E-state index in [4.69, 9.17) is 22.7 Å². The van der Waals surface area contributed by atoms with E-state index in [1.807, 2.05) is 0 Å². The largest absolute Gasteiger partial charge is 0.455 e. The summed E-state index contributed by atoms with van der Waals surface area (Å²) in [6.45, 7) is 0. The van der Waals surface area contributed by atoms with Gasteiger partial charge in [0.2, 0.25) is 0 Å². The van der Waals surface area contributed by atoms with Crippen LogP contribution in [0.3, 0.4) is 0 Å². The molecule has 1 heterocycles. The van der Waals surface area contributed by atoms with Crippen LogP contribution in [0.15, 0.2) is 42.7 Å². The van der Waals surface area contributed by atoms with Crippen molar-refractivity contribution in [2.24, 2.45) is 5.73 Å². The number of pyridine rings is 1. The summed E-state index contributed by atoms with van der Waals surface area (Å²) >= 11 is 4.90. The van der Waals surface area contributed by atoms with E-state index in [1.165, 1.54) is 30.5 Å². The van der Waals surface area contributed by atoms with Gasteiger partial charge in [-0.05, 0) is 30.3 Å². The van der Waals surface area contributed by atoms with Crippen molar-refractivity contribution in [1.82, 2.24) is 4.98 Å². The van der Waals surface area contributed by atoms with Gasteiger partial charge in [-0.15, -0.1) is 0 Å². The van der Waals surface area contributed by atoms with Gasteiger partial charge in [-0.25, -0.2) is 4.39 Å². The Hall–Kier alpha value is -2.01. The first-order valence-corrected chi connectivity index (χ1v) is 5.25. The van der Waals surface area contributed by atoms with E-state index in [0.717, 1.165) is 0 Å². The van der Waals surface area contributed by atoms with Crippen molar-refractivity contribution >= 4 is 17.2 Å². The molecule has 0 atom stereocenters. The number of benzene rings is 1. The smallest absolute Gasteiger partial charge is 0.155 e. The van der Waals surface area contributed by atoms with Gasteiger partial charge in [-0.1, -0.05) is 12.2 Å². The second-order valence-electron chi connectivity index (χ2n) is 3.29. The summed E-state index contributed by atoms with van der Waals surface area (Å²) in [6, 6.07) is 7.33. The van der Waals surface area contributed by atoms with E-state index >= 15 is 0 Å². The number of aromatic nitrogens is 1. The third kappa shape index (κ3) is 2.76. The first-order chi connectivity index (χ1) is 8.16. The zero-order valence-electron chi connectivity index (χ0n) is 8.76. The van der Waals surface area contributed by atoms with Gasteiger partial charge >= 0.3 is 0 Å². The number of nitrogens with zero attached hydrogens (tertiary/aromatic N) is 1. The first-order valence-electron chi connectivity index (χ1n) is 4.84. The van der Waals surface area contributed by atoms with Gasteiger partial charge < -0.3 is 10.5 Å². The molecule has 0 aliphatic heterocycles. The van der Waals surface area contributed by atoms with E-state index in [9.17, 15) is 4.39 Å². The van der Waals surface area contributed by atoms with Crippen molar-refractivity contribution < 1.29 is 9.13 Å². The summed E-state index contributed by atoms with van der Waals surface area (Å²) in [5.74, 6) is 0.626. The van der Waals surface area contributed by atoms with Crippen LogP contribution in [0.25, 0.3) is 0 Å². The van der Waals surface area contributed by atoms with Gasteiger partial charge in [-0.3, -0.25) is 4.98 Å². The predicted molar refractivity (Wildman–Crippen MR) is 66.6 cm³/mol. The van der Waals surface area contributed by atoms with Crippen molar-refractivity contribution in [2.75, 3.05) is 0 Å². The predicted octanol–water partition coefficient (Wildman–Crippen LogP) is 2.65. The molecule has 86 valence electrons. The Balaban J connectivity index is 2.30. The van der Waals surface area contributed by atoms with Crippen LogP contribution < -0.4 is 10.5 Å². The average molecular weight is 248 g/mol. The van der Waals surface area contributed by atoms with Gasteiger partial charge in [0, 0.05) is 6.20 Å². The first kappa shape index (κ1) is 11.5. The number of thiocarbonyl (C=S) groups is 1. The highest BCUT2D eigenvalue weighted by molar-refractivity contribution is 7.80. The van der Waals surface area contributed by atoms with Crippen LogP contribution in [0, 0.1) is 5.82 Å². The van der Waals surface area contributed by atoms with Gasteiger partial charge in [0.1, 0.15) is 16.6 Å². The van der Waals surface area contributed by atoms with Crippen molar-refractivity contribution in [1.29, 1.82) is 0 Å². The van der Waals surface area contributed by atoms with Crippen LogP contribution in [0.1, 0.15) is 5.56 Å². The van der Waals surface area contributed by atoms with Gasteiger partial charge in [-0.2, -0.15) is 0 Å². The lowest BCUT2D eigenvalue weighted by Crippen LogP contribution is -2.10. The summed E-state index contributed by atoms with van der Waals surface area (Å²) in [7, 11) is 0. The standard InChI is InChI=1S/C12H9FN2OS/c13-8-1-3-9(4-2-8)16-11-7-15-6-5-10(11)12(14)17/h1-7H,(H2,14,17). The number of hydrogen-bond donors (Lipinski definition) is 1. The quantitative estimate of drug-likeness (QED) is 0.848. The zero-order valence-corrected chi connectivity index (χ0v) is 9.58. The van der Waals surface area contributed by atoms with Crippen LogP contribution in [0.4, 0.5) is 4.39 Å². The third-order valence-electron chi connectivity index (χ3n) is 2.09. The van der Waals surface area contributed by atoms with E-state index < -0.39 is 0 Å². The highest BCUT2D eigenvalue weighted by atomic mass is 32.1. The summed E-state index contributed by atoms with van der Waals surface area (Å²) < 4.78 is 18.3. The molecule has 1 aromatic carbocycles. The van der Waals surface area contributed by atoms with E-state index in [-0.39, 0.29) is 10.8 Å². The van der Waals surface area contributed by atoms with Crippen LogP contribution in [0.5, 0.6) is 11.5 Å². The number of rotatable bonds is 3. The fraction of sp³-hybridized carbons (Fsp3) is 0. The minimum atomic E-state index is -0.321. The number of hydrogen-bond acceptors (Lipinski definition) is 3. The molecule has 0 bridgehead atoms. The SMILES string of the molecule is NC(=S)c1ccncc1Oc1ccc(F)cc1. The molecule has 0 unspecified atom stereocenters. The Morgan fingerprint density at radius 2 is 1.94 bits per heavy atom.